The Kier molecular flexibility index (Phi) is 3.82. The fourth-order valence-corrected chi connectivity index (χ4v) is 1.000. The Morgan fingerprint density at radius 3 is 2.57 bits per heavy atom. The van der Waals surface area contributed by atoms with Gasteiger partial charge in [0.2, 0.25) is 5.91 Å². The zero-order valence-corrected chi connectivity index (χ0v) is 8.25. The molecule has 4 heteroatoms. The number of nitrogens with two attached hydrogens (primary N) is 1. The largest absolute Gasteiger partial charge is 0.376 e. The normalized spacial score (nSPS) is 10.0. The second-order valence-corrected chi connectivity index (χ2v) is 3.04. The van der Waals surface area contributed by atoms with Crippen molar-refractivity contribution in [3.8, 4) is 0 Å². The van der Waals surface area contributed by atoms with Gasteiger partial charge in [-0.1, -0.05) is 30.3 Å². The van der Waals surface area contributed by atoms with Crippen LogP contribution in [0, 0.1) is 0 Å². The quantitative estimate of drug-likeness (QED) is 0.562. The molecule has 1 aromatic carbocycles. The second-order valence-electron chi connectivity index (χ2n) is 2.60. The Morgan fingerprint density at radius 2 is 2.00 bits per heavy atom. The first-order chi connectivity index (χ1) is 6.68. The van der Waals surface area contributed by atoms with Crippen LogP contribution in [0.3, 0.4) is 0 Å². The van der Waals surface area contributed by atoms with Crippen LogP contribution >= 0.6 is 12.2 Å². The number of carbonyl (C=O) groups is 1. The van der Waals surface area contributed by atoms with Gasteiger partial charge in [-0.05, 0) is 23.9 Å². The standard InChI is InChI=1S/C10H10N2OS/c11-10(14)12-9(13)7-6-8-4-2-1-3-5-8/h1-7H,(H3,11,12,13,14). The maximum absolute atomic E-state index is 11.1. The Bertz CT molecular complexity index is 360. The SMILES string of the molecule is NC(=S)NC(=O)C=Cc1ccccc1. The summed E-state index contributed by atoms with van der Waals surface area (Å²) in [5.74, 6) is -0.318. The fraction of sp³-hybridized carbons (Fsp3) is 0. The maximum Gasteiger partial charge on any atom is 0.250 e. The maximum atomic E-state index is 11.1. The number of benzene rings is 1. The van der Waals surface area contributed by atoms with Gasteiger partial charge in [0, 0.05) is 6.08 Å². The molecule has 14 heavy (non-hydrogen) atoms. The molecule has 0 saturated carbocycles. The molecule has 0 heterocycles. The van der Waals surface area contributed by atoms with Crippen molar-refractivity contribution in [2.24, 2.45) is 5.73 Å². The van der Waals surface area contributed by atoms with Gasteiger partial charge < -0.3 is 5.73 Å². The van der Waals surface area contributed by atoms with Crippen molar-refractivity contribution >= 4 is 29.3 Å². The van der Waals surface area contributed by atoms with Crippen LogP contribution in [0.4, 0.5) is 0 Å². The molecule has 3 N–H and O–H groups in total. The monoisotopic (exact) mass is 206 g/mol. The molecule has 0 aliphatic rings. The van der Waals surface area contributed by atoms with Crippen molar-refractivity contribution < 1.29 is 4.79 Å². The molecule has 0 unspecified atom stereocenters. The molecule has 1 amide bonds. The topological polar surface area (TPSA) is 55.1 Å². The van der Waals surface area contributed by atoms with E-state index in [0.29, 0.717) is 0 Å². The summed E-state index contributed by atoms with van der Waals surface area (Å²) in [5.41, 5.74) is 6.08. The van der Waals surface area contributed by atoms with Crippen molar-refractivity contribution in [2.75, 3.05) is 0 Å². The molecule has 72 valence electrons. The lowest BCUT2D eigenvalue weighted by molar-refractivity contribution is -0.115. The van der Waals surface area contributed by atoms with Crippen molar-refractivity contribution in [1.82, 2.24) is 5.32 Å². The van der Waals surface area contributed by atoms with E-state index < -0.39 is 0 Å². The second kappa shape index (κ2) is 5.14. The van der Waals surface area contributed by atoms with Crippen LogP contribution in [-0.2, 0) is 4.79 Å². The van der Waals surface area contributed by atoms with E-state index in [1.807, 2.05) is 30.3 Å². The molecule has 0 radical (unpaired) electrons. The number of hydrogen-bond donors (Lipinski definition) is 2. The fourth-order valence-electron chi connectivity index (χ4n) is 0.899. The molecule has 0 aliphatic heterocycles. The van der Waals surface area contributed by atoms with Crippen LogP contribution in [0.25, 0.3) is 6.08 Å². The molecule has 0 atom stereocenters. The minimum Gasteiger partial charge on any atom is -0.376 e. The van der Waals surface area contributed by atoms with E-state index in [-0.39, 0.29) is 11.0 Å². The number of thiocarbonyl (C=S) groups is 1. The van der Waals surface area contributed by atoms with E-state index in [2.05, 4.69) is 17.5 Å². The van der Waals surface area contributed by atoms with Crippen molar-refractivity contribution in [3.63, 3.8) is 0 Å². The molecular weight excluding hydrogens is 196 g/mol. The van der Waals surface area contributed by atoms with Crippen LogP contribution in [0.2, 0.25) is 0 Å². The average Bonchev–Trinajstić information content (AvgIpc) is 2.15. The van der Waals surface area contributed by atoms with Crippen molar-refractivity contribution in [3.05, 3.63) is 42.0 Å². The van der Waals surface area contributed by atoms with Gasteiger partial charge in [0.25, 0.3) is 0 Å². The first-order valence-electron chi connectivity index (χ1n) is 4.02. The zero-order chi connectivity index (χ0) is 10.4. The highest BCUT2D eigenvalue weighted by Crippen LogP contribution is 2.00. The lowest BCUT2D eigenvalue weighted by Gasteiger charge is -1.96. The smallest absolute Gasteiger partial charge is 0.250 e. The van der Waals surface area contributed by atoms with E-state index in [0.717, 1.165) is 5.56 Å². The van der Waals surface area contributed by atoms with Crippen LogP contribution in [0.5, 0.6) is 0 Å². The number of amides is 1. The predicted octanol–water partition coefficient (Wildman–Crippen LogP) is 1.06. The van der Waals surface area contributed by atoms with Gasteiger partial charge in [-0.3, -0.25) is 10.1 Å². The highest BCUT2D eigenvalue weighted by atomic mass is 32.1. The van der Waals surface area contributed by atoms with Crippen molar-refractivity contribution in [2.45, 2.75) is 0 Å². The Labute approximate surface area is 87.6 Å². The summed E-state index contributed by atoms with van der Waals surface area (Å²) >= 11 is 4.51. The third-order valence-corrected chi connectivity index (χ3v) is 1.58. The van der Waals surface area contributed by atoms with Gasteiger partial charge in [-0.15, -0.1) is 0 Å². The highest BCUT2D eigenvalue weighted by Gasteiger charge is 1.94. The third kappa shape index (κ3) is 3.82. The minimum atomic E-state index is -0.318. The zero-order valence-electron chi connectivity index (χ0n) is 7.44. The molecule has 0 bridgehead atoms. The van der Waals surface area contributed by atoms with E-state index >= 15 is 0 Å². The first kappa shape index (κ1) is 10.4. The van der Waals surface area contributed by atoms with Gasteiger partial charge in [-0.2, -0.15) is 0 Å². The summed E-state index contributed by atoms with van der Waals surface area (Å²) in [4.78, 5) is 11.1. The summed E-state index contributed by atoms with van der Waals surface area (Å²) in [6.45, 7) is 0. The number of carbonyl (C=O) groups excluding carboxylic acids is 1. The third-order valence-electron chi connectivity index (χ3n) is 1.47. The highest BCUT2D eigenvalue weighted by molar-refractivity contribution is 7.80. The van der Waals surface area contributed by atoms with Crippen LogP contribution < -0.4 is 11.1 Å². The minimum absolute atomic E-state index is 0.0206. The first-order valence-corrected chi connectivity index (χ1v) is 4.43. The number of rotatable bonds is 2. The van der Waals surface area contributed by atoms with Gasteiger partial charge in [0.05, 0.1) is 0 Å². The predicted molar refractivity (Wildman–Crippen MR) is 60.4 cm³/mol. The van der Waals surface area contributed by atoms with Crippen LogP contribution in [0.15, 0.2) is 36.4 Å². The molecular formula is C10H10N2OS. The van der Waals surface area contributed by atoms with E-state index in [1.165, 1.54) is 6.08 Å². The van der Waals surface area contributed by atoms with Gasteiger partial charge in [-0.25, -0.2) is 0 Å². The lowest BCUT2D eigenvalue weighted by Crippen LogP contribution is -2.33. The molecule has 1 aromatic rings. The van der Waals surface area contributed by atoms with E-state index in [1.54, 1.807) is 6.08 Å². The summed E-state index contributed by atoms with van der Waals surface area (Å²) < 4.78 is 0. The molecule has 1 rings (SSSR count). The molecule has 0 fully saturated rings. The molecule has 3 nitrogen and oxygen atoms in total. The molecule has 0 spiro atoms. The summed E-state index contributed by atoms with van der Waals surface area (Å²) in [5, 5.41) is 2.28. The summed E-state index contributed by atoms with van der Waals surface area (Å²) in [6, 6.07) is 9.48. The number of hydrogen-bond acceptors (Lipinski definition) is 2. The van der Waals surface area contributed by atoms with E-state index in [9.17, 15) is 4.79 Å². The lowest BCUT2D eigenvalue weighted by atomic mass is 10.2. The summed E-state index contributed by atoms with van der Waals surface area (Å²) in [6.07, 6.45) is 3.07. The van der Waals surface area contributed by atoms with Gasteiger partial charge in [0.1, 0.15) is 0 Å². The Hall–Kier alpha value is -1.68. The van der Waals surface area contributed by atoms with Crippen molar-refractivity contribution in [1.29, 1.82) is 0 Å². The average molecular weight is 206 g/mol. The Balaban J connectivity index is 2.56. The van der Waals surface area contributed by atoms with Gasteiger partial charge in [0.15, 0.2) is 5.11 Å². The van der Waals surface area contributed by atoms with Crippen LogP contribution in [0.1, 0.15) is 5.56 Å². The van der Waals surface area contributed by atoms with Gasteiger partial charge >= 0.3 is 0 Å². The van der Waals surface area contributed by atoms with Crippen LogP contribution in [-0.4, -0.2) is 11.0 Å². The molecule has 0 aromatic heterocycles. The van der Waals surface area contributed by atoms with E-state index in [4.69, 9.17) is 5.73 Å². The molecule has 0 saturated heterocycles. The molecule has 0 aliphatic carbocycles. The Morgan fingerprint density at radius 1 is 1.36 bits per heavy atom. The summed E-state index contributed by atoms with van der Waals surface area (Å²) in [7, 11) is 0. The number of nitrogens with one attached hydrogen (secondary N) is 1.